The third kappa shape index (κ3) is 16.3. The zero-order valence-corrected chi connectivity index (χ0v) is 46.4. The normalized spacial score (nSPS) is 15.5. The lowest BCUT2D eigenvalue weighted by molar-refractivity contribution is -0.120. The number of fused-ring (bicyclic) bond motifs is 3. The summed E-state index contributed by atoms with van der Waals surface area (Å²) >= 11 is 0. The number of nitrogens with two attached hydrogens (primary N) is 2. The maximum atomic E-state index is 12.8. The molecule has 0 aliphatic heterocycles. The molecule has 0 saturated heterocycles. The van der Waals surface area contributed by atoms with Gasteiger partial charge in [-0.2, -0.15) is 0 Å². The summed E-state index contributed by atoms with van der Waals surface area (Å²) in [7, 11) is 0. The first-order valence-electron chi connectivity index (χ1n) is 26.5. The fraction of sp³-hybridized carbons (Fsp3) is 0.306. The van der Waals surface area contributed by atoms with Crippen LogP contribution in [0.25, 0.3) is 0 Å². The van der Waals surface area contributed by atoms with Crippen molar-refractivity contribution in [2.24, 2.45) is 5.73 Å². The number of carbonyl (C=O) groups excluding carboxylic acids is 7. The molecule has 0 aromatic heterocycles. The highest BCUT2D eigenvalue weighted by Gasteiger charge is 2.27. The second-order valence-electron chi connectivity index (χ2n) is 21.8. The van der Waals surface area contributed by atoms with Gasteiger partial charge in [0.05, 0.1) is 46.2 Å². The summed E-state index contributed by atoms with van der Waals surface area (Å²) in [6.07, 6.45) is 3.97. The van der Waals surface area contributed by atoms with Crippen molar-refractivity contribution in [1.82, 2.24) is 10.6 Å². The molecular formula is C62H71N9O9. The second kappa shape index (κ2) is 25.6. The van der Waals surface area contributed by atoms with Crippen molar-refractivity contribution >= 4 is 75.8 Å². The number of nitrogen functional groups attached to an aromatic ring is 1. The quantitative estimate of drug-likeness (QED) is 0.0582. The lowest BCUT2D eigenvalue weighted by Gasteiger charge is -2.20. The van der Waals surface area contributed by atoms with Gasteiger partial charge in [0.2, 0.25) is 11.8 Å². The number of benzene rings is 6. The van der Waals surface area contributed by atoms with E-state index in [4.69, 9.17) is 20.9 Å². The van der Waals surface area contributed by atoms with E-state index in [2.05, 4.69) is 37.2 Å². The molecule has 9 rings (SSSR count). The molecule has 0 spiro atoms. The molecule has 0 heterocycles. The Bertz CT molecular complexity index is 3310. The van der Waals surface area contributed by atoms with Crippen molar-refractivity contribution in [1.29, 1.82) is 0 Å². The smallest absolute Gasteiger partial charge is 0.412 e. The summed E-state index contributed by atoms with van der Waals surface area (Å²) in [6, 6.07) is 37.9. The minimum atomic E-state index is -0.623. The molecule has 11 N–H and O–H groups in total. The minimum absolute atomic E-state index is 0.00614. The van der Waals surface area contributed by atoms with Crippen molar-refractivity contribution in [2.45, 2.75) is 123 Å². The van der Waals surface area contributed by atoms with Crippen LogP contribution >= 0.6 is 0 Å². The van der Waals surface area contributed by atoms with Gasteiger partial charge in [-0.15, -0.1) is 0 Å². The molecule has 0 fully saturated rings. The number of nitrogens with one attached hydrogen (secondary N) is 7. The largest absolute Gasteiger partial charge is 0.444 e. The van der Waals surface area contributed by atoms with E-state index >= 15 is 0 Å². The predicted molar refractivity (Wildman–Crippen MR) is 312 cm³/mol. The zero-order valence-electron chi connectivity index (χ0n) is 46.4. The van der Waals surface area contributed by atoms with Gasteiger partial charge >= 0.3 is 12.2 Å². The van der Waals surface area contributed by atoms with E-state index in [1.165, 1.54) is 13.8 Å². The first-order valence-corrected chi connectivity index (χ1v) is 26.5. The molecule has 7 amide bonds. The Labute approximate surface area is 466 Å². The fourth-order valence-corrected chi connectivity index (χ4v) is 9.52. The Morgan fingerprint density at radius 2 is 0.762 bits per heavy atom. The summed E-state index contributed by atoms with van der Waals surface area (Å²) < 4.78 is 10.6. The Balaban J connectivity index is 0.000000175. The number of rotatable bonds is 10. The van der Waals surface area contributed by atoms with Crippen LogP contribution in [0, 0.1) is 0 Å². The predicted octanol–water partition coefficient (Wildman–Crippen LogP) is 11.3. The highest BCUT2D eigenvalue weighted by atomic mass is 16.6. The number of para-hydroxylation sites is 6. The van der Waals surface area contributed by atoms with E-state index < -0.39 is 23.4 Å². The van der Waals surface area contributed by atoms with Crippen molar-refractivity contribution in [3.8, 4) is 0 Å². The van der Waals surface area contributed by atoms with Crippen molar-refractivity contribution in [2.75, 3.05) is 32.3 Å². The second-order valence-corrected chi connectivity index (χ2v) is 21.8. The molecule has 3 aliphatic carbocycles. The first-order chi connectivity index (χ1) is 37.9. The van der Waals surface area contributed by atoms with Gasteiger partial charge in [-0.25, -0.2) is 9.59 Å². The molecule has 418 valence electrons. The molecular weight excluding hydrogens is 1010 g/mol. The first kappa shape index (κ1) is 58.6. The molecule has 3 atom stereocenters. The number of amides is 7. The Morgan fingerprint density at radius 3 is 1.14 bits per heavy atom. The standard InChI is InChI=1S/C23H27N3O4.C21H25N3O3.C18H19N3O2/c1-14(27)24-18-12-10-15-13-16(9-11-17(15)18)21(28)25-19-7-5-6-8-20(19)26-22(29)30-23(2,3)4;1-21(2,3)27-20(26)24-18-7-5-4-6-17(18)23-19(25)14-8-10-15-13(12-14)9-11-16(15)22;1-11(22)20-16-9-7-12-10-13(6-8-14(12)16)18(23)21-17-5-3-2-4-15(17)19/h5-9,11,13,18H,10,12H2,1-4H3,(H,24,27)(H,25,28)(H,26,29);4-8,10,12,16H,9,11,22H2,1-3H3,(H,23,25)(H,24,26);2-6,8,10,16H,7,9,19H2,1H3,(H,20,22)(H,21,23). The van der Waals surface area contributed by atoms with Crippen molar-refractivity contribution in [3.63, 3.8) is 0 Å². The third-order valence-corrected chi connectivity index (χ3v) is 13.1. The Kier molecular flexibility index (Phi) is 18.8. The van der Waals surface area contributed by atoms with Gasteiger partial charge in [-0.05, 0) is 186 Å². The fourth-order valence-electron chi connectivity index (χ4n) is 9.52. The van der Waals surface area contributed by atoms with Crippen LogP contribution in [0.1, 0.15) is 157 Å². The topological polar surface area (TPSA) is 274 Å². The molecule has 18 heteroatoms. The van der Waals surface area contributed by atoms with Crippen LogP contribution in [0.5, 0.6) is 0 Å². The van der Waals surface area contributed by atoms with Crippen LogP contribution in [0.15, 0.2) is 127 Å². The summed E-state index contributed by atoms with van der Waals surface area (Å²) in [6.45, 7) is 13.7. The van der Waals surface area contributed by atoms with E-state index in [0.717, 1.165) is 71.9 Å². The lowest BCUT2D eigenvalue weighted by Crippen LogP contribution is -2.27. The summed E-state index contributed by atoms with van der Waals surface area (Å²) in [5.74, 6) is -0.808. The minimum Gasteiger partial charge on any atom is -0.444 e. The summed E-state index contributed by atoms with van der Waals surface area (Å²) in [4.78, 5) is 84.6. The third-order valence-electron chi connectivity index (χ3n) is 13.1. The SMILES string of the molecule is CC(=O)NC1CCc2cc(C(=O)Nc3ccccc3N)ccc21.CC(=O)NC1CCc2cc(C(=O)Nc3ccccc3NC(=O)OC(C)(C)C)ccc21.CC(C)(C)OC(=O)Nc1ccccc1NC(=O)c1ccc2c(c1)CCC2N. The van der Waals surface area contributed by atoms with Gasteiger partial charge in [0, 0.05) is 36.6 Å². The van der Waals surface area contributed by atoms with Gasteiger partial charge in [-0.3, -0.25) is 34.6 Å². The molecule has 6 aromatic carbocycles. The van der Waals surface area contributed by atoms with E-state index in [1.54, 1.807) is 120 Å². The zero-order chi connectivity index (χ0) is 57.9. The average molecular weight is 1090 g/mol. The monoisotopic (exact) mass is 1090 g/mol. The van der Waals surface area contributed by atoms with Crippen LogP contribution < -0.4 is 48.7 Å². The van der Waals surface area contributed by atoms with E-state index in [1.807, 2.05) is 48.5 Å². The molecule has 6 aromatic rings. The number of hydrogen-bond acceptors (Lipinski definition) is 11. The van der Waals surface area contributed by atoms with Gasteiger partial charge in [-0.1, -0.05) is 54.6 Å². The summed E-state index contributed by atoms with van der Waals surface area (Å²) in [5, 5.41) is 19.8. The Hall–Kier alpha value is -9.03. The number of carbonyl (C=O) groups is 7. The van der Waals surface area contributed by atoms with Gasteiger partial charge in [0.15, 0.2) is 0 Å². The average Bonchev–Trinajstić information content (AvgIpc) is 4.10. The van der Waals surface area contributed by atoms with Crippen LogP contribution in [-0.4, -0.2) is 52.9 Å². The van der Waals surface area contributed by atoms with Crippen LogP contribution in [-0.2, 0) is 38.3 Å². The molecule has 3 unspecified atom stereocenters. The molecule has 80 heavy (non-hydrogen) atoms. The van der Waals surface area contributed by atoms with Crippen LogP contribution in [0.2, 0.25) is 0 Å². The molecule has 0 radical (unpaired) electrons. The number of aryl methyl sites for hydroxylation is 3. The van der Waals surface area contributed by atoms with Crippen molar-refractivity contribution < 1.29 is 43.0 Å². The molecule has 3 aliphatic rings. The van der Waals surface area contributed by atoms with Gasteiger partial charge in [0.1, 0.15) is 11.2 Å². The van der Waals surface area contributed by atoms with Gasteiger partial charge in [0.25, 0.3) is 17.7 Å². The lowest BCUT2D eigenvalue weighted by atomic mass is 10.0. The highest BCUT2D eigenvalue weighted by Crippen LogP contribution is 2.35. The number of anilines is 6. The van der Waals surface area contributed by atoms with Gasteiger partial charge < -0.3 is 47.5 Å². The van der Waals surface area contributed by atoms with Crippen molar-refractivity contribution in [3.05, 3.63) is 177 Å². The van der Waals surface area contributed by atoms with Crippen LogP contribution in [0.4, 0.5) is 43.7 Å². The molecule has 18 nitrogen and oxygen atoms in total. The van der Waals surface area contributed by atoms with E-state index in [9.17, 15) is 33.6 Å². The summed E-state index contributed by atoms with van der Waals surface area (Å²) in [5.41, 5.74) is 21.9. The molecule has 0 bridgehead atoms. The molecule has 0 saturated carbocycles. The maximum absolute atomic E-state index is 12.8. The Morgan fingerprint density at radius 1 is 0.438 bits per heavy atom. The van der Waals surface area contributed by atoms with E-state index in [-0.39, 0.29) is 47.7 Å². The number of hydrogen-bond donors (Lipinski definition) is 9. The number of ether oxygens (including phenoxy) is 2. The maximum Gasteiger partial charge on any atom is 0.412 e. The van der Waals surface area contributed by atoms with E-state index in [0.29, 0.717) is 50.8 Å². The van der Waals surface area contributed by atoms with Crippen LogP contribution in [0.3, 0.4) is 0 Å². The highest BCUT2D eigenvalue weighted by molar-refractivity contribution is 6.08.